The fourth-order valence-electron chi connectivity index (χ4n) is 3.14. The molecule has 0 radical (unpaired) electrons. The van der Waals surface area contributed by atoms with Crippen LogP contribution in [0.5, 0.6) is 5.75 Å². The fraction of sp³-hybridized carbons (Fsp3) is 0.364. The standard InChI is InChI=1S/C22H25NO7S/c1-15-9-10-16(2)20(12-15)31(26,27)30-19-8-4-3-7-18(19)22(25)29-14-21(24)23-13-17-6-5-11-28-17/h3-4,7-10,12,17H,5-6,11,13-14H2,1-2H3,(H,23,24)/t17-/m1/s1. The van der Waals surface area contributed by atoms with E-state index in [4.69, 9.17) is 13.7 Å². The lowest BCUT2D eigenvalue weighted by molar-refractivity contribution is -0.124. The number of amides is 1. The Morgan fingerprint density at radius 3 is 2.68 bits per heavy atom. The van der Waals surface area contributed by atoms with Gasteiger partial charge >= 0.3 is 16.1 Å². The van der Waals surface area contributed by atoms with Crippen molar-refractivity contribution in [3.05, 3.63) is 59.2 Å². The molecule has 1 amide bonds. The smallest absolute Gasteiger partial charge is 0.342 e. The van der Waals surface area contributed by atoms with Crippen molar-refractivity contribution in [2.45, 2.75) is 37.7 Å². The van der Waals surface area contributed by atoms with Gasteiger partial charge in [0, 0.05) is 13.2 Å². The quantitative estimate of drug-likeness (QED) is 0.489. The molecule has 3 rings (SSSR count). The number of hydrogen-bond acceptors (Lipinski definition) is 7. The third-order valence-electron chi connectivity index (χ3n) is 4.80. The van der Waals surface area contributed by atoms with Gasteiger partial charge in [-0.3, -0.25) is 4.79 Å². The van der Waals surface area contributed by atoms with E-state index >= 15 is 0 Å². The molecule has 2 aromatic carbocycles. The molecule has 31 heavy (non-hydrogen) atoms. The normalized spacial score (nSPS) is 16.0. The highest BCUT2D eigenvalue weighted by Gasteiger charge is 2.24. The van der Waals surface area contributed by atoms with Gasteiger partial charge in [-0.2, -0.15) is 8.42 Å². The zero-order valence-electron chi connectivity index (χ0n) is 17.4. The molecule has 1 aliphatic rings. The highest BCUT2D eigenvalue weighted by atomic mass is 32.2. The molecule has 1 N–H and O–H groups in total. The molecule has 1 atom stereocenters. The van der Waals surface area contributed by atoms with Gasteiger partial charge in [-0.15, -0.1) is 0 Å². The van der Waals surface area contributed by atoms with Crippen LogP contribution < -0.4 is 9.50 Å². The highest BCUT2D eigenvalue weighted by Crippen LogP contribution is 2.26. The van der Waals surface area contributed by atoms with Crippen LogP contribution in [0, 0.1) is 13.8 Å². The van der Waals surface area contributed by atoms with Crippen molar-refractivity contribution in [2.75, 3.05) is 19.8 Å². The topological polar surface area (TPSA) is 108 Å². The number of carbonyl (C=O) groups excluding carboxylic acids is 2. The van der Waals surface area contributed by atoms with Gasteiger partial charge in [-0.25, -0.2) is 4.79 Å². The number of esters is 1. The number of carbonyl (C=O) groups is 2. The maximum Gasteiger partial charge on any atom is 0.342 e. The van der Waals surface area contributed by atoms with E-state index < -0.39 is 28.6 Å². The van der Waals surface area contributed by atoms with E-state index in [1.54, 1.807) is 38.1 Å². The minimum Gasteiger partial charge on any atom is -0.452 e. The van der Waals surface area contributed by atoms with E-state index in [2.05, 4.69) is 5.32 Å². The van der Waals surface area contributed by atoms with Crippen LogP contribution in [0.1, 0.15) is 34.3 Å². The van der Waals surface area contributed by atoms with Crippen molar-refractivity contribution in [3.63, 3.8) is 0 Å². The summed E-state index contributed by atoms with van der Waals surface area (Å²) in [6.07, 6.45) is 1.81. The number of hydrogen-bond donors (Lipinski definition) is 1. The summed E-state index contributed by atoms with van der Waals surface area (Å²) < 4.78 is 41.3. The van der Waals surface area contributed by atoms with Gasteiger partial charge in [0.05, 0.1) is 6.10 Å². The summed E-state index contributed by atoms with van der Waals surface area (Å²) in [5.41, 5.74) is 1.19. The average molecular weight is 448 g/mol. The Morgan fingerprint density at radius 1 is 1.16 bits per heavy atom. The summed E-state index contributed by atoms with van der Waals surface area (Å²) in [5, 5.41) is 2.65. The average Bonchev–Trinajstić information content (AvgIpc) is 3.26. The fourth-order valence-corrected chi connectivity index (χ4v) is 4.40. The van der Waals surface area contributed by atoms with Crippen LogP contribution in [0.15, 0.2) is 47.4 Å². The van der Waals surface area contributed by atoms with Gasteiger partial charge in [-0.05, 0) is 56.0 Å². The molecule has 9 heteroatoms. The third kappa shape index (κ3) is 6.05. The van der Waals surface area contributed by atoms with E-state index in [1.807, 2.05) is 0 Å². The molecule has 1 aliphatic heterocycles. The van der Waals surface area contributed by atoms with E-state index in [-0.39, 0.29) is 22.3 Å². The minimum absolute atomic E-state index is 0.0178. The lowest BCUT2D eigenvalue weighted by Gasteiger charge is -2.13. The van der Waals surface area contributed by atoms with Crippen molar-refractivity contribution < 1.29 is 31.7 Å². The lowest BCUT2D eigenvalue weighted by Crippen LogP contribution is -2.34. The molecule has 0 aliphatic carbocycles. The molecular formula is C22H25NO7S. The number of para-hydroxylation sites is 1. The lowest BCUT2D eigenvalue weighted by atomic mass is 10.2. The molecule has 0 saturated carbocycles. The molecule has 0 unspecified atom stereocenters. The zero-order valence-corrected chi connectivity index (χ0v) is 18.2. The van der Waals surface area contributed by atoms with Crippen molar-refractivity contribution in [1.29, 1.82) is 0 Å². The van der Waals surface area contributed by atoms with Gasteiger partial charge in [0.15, 0.2) is 12.4 Å². The Kier molecular flexibility index (Phi) is 7.29. The number of aryl methyl sites for hydroxylation is 2. The molecule has 8 nitrogen and oxygen atoms in total. The minimum atomic E-state index is -4.17. The van der Waals surface area contributed by atoms with E-state index in [1.165, 1.54) is 18.2 Å². The highest BCUT2D eigenvalue weighted by molar-refractivity contribution is 7.87. The largest absolute Gasteiger partial charge is 0.452 e. The van der Waals surface area contributed by atoms with Crippen LogP contribution in [0.25, 0.3) is 0 Å². The van der Waals surface area contributed by atoms with Crippen LogP contribution in [0.4, 0.5) is 0 Å². The van der Waals surface area contributed by atoms with Crippen molar-refractivity contribution in [3.8, 4) is 5.75 Å². The second-order valence-electron chi connectivity index (χ2n) is 7.32. The molecule has 1 heterocycles. The van der Waals surface area contributed by atoms with Crippen LogP contribution in [0.2, 0.25) is 0 Å². The Labute approximate surface area is 181 Å². The number of rotatable bonds is 8. The second-order valence-corrected chi connectivity index (χ2v) is 8.83. The van der Waals surface area contributed by atoms with Gasteiger partial charge in [0.25, 0.3) is 5.91 Å². The molecule has 2 aromatic rings. The maximum atomic E-state index is 12.8. The molecule has 1 saturated heterocycles. The summed E-state index contributed by atoms with van der Waals surface area (Å²) in [5.74, 6) is -1.50. The molecule has 0 aromatic heterocycles. The van der Waals surface area contributed by atoms with E-state index in [9.17, 15) is 18.0 Å². The summed E-state index contributed by atoms with van der Waals surface area (Å²) >= 11 is 0. The van der Waals surface area contributed by atoms with Crippen molar-refractivity contribution >= 4 is 22.0 Å². The van der Waals surface area contributed by atoms with Crippen LogP contribution in [0.3, 0.4) is 0 Å². The monoisotopic (exact) mass is 447 g/mol. The van der Waals surface area contributed by atoms with Crippen LogP contribution >= 0.6 is 0 Å². The van der Waals surface area contributed by atoms with Gasteiger partial charge in [0.1, 0.15) is 10.5 Å². The maximum absolute atomic E-state index is 12.8. The van der Waals surface area contributed by atoms with Crippen molar-refractivity contribution in [2.24, 2.45) is 0 Å². The molecule has 0 spiro atoms. The first-order chi connectivity index (χ1) is 14.8. The molecule has 166 valence electrons. The SMILES string of the molecule is Cc1ccc(C)c(S(=O)(=O)Oc2ccccc2C(=O)OCC(=O)NC[C@H]2CCCO2)c1. The Hall–Kier alpha value is -2.91. The molecule has 0 bridgehead atoms. The predicted octanol–water partition coefficient (Wildman–Crippen LogP) is 2.52. The predicted molar refractivity (Wildman–Crippen MR) is 112 cm³/mol. The Morgan fingerprint density at radius 2 is 1.94 bits per heavy atom. The van der Waals surface area contributed by atoms with Gasteiger partial charge < -0.3 is 19.0 Å². The van der Waals surface area contributed by atoms with Crippen LogP contribution in [-0.4, -0.2) is 46.2 Å². The summed E-state index contributed by atoms with van der Waals surface area (Å²) in [7, 11) is -4.17. The first kappa shape index (κ1) is 22.8. The Balaban J connectivity index is 1.66. The Bertz CT molecular complexity index is 1060. The third-order valence-corrected chi connectivity index (χ3v) is 6.18. The number of benzene rings is 2. The van der Waals surface area contributed by atoms with Crippen LogP contribution in [-0.2, 0) is 24.4 Å². The molecule has 1 fully saturated rings. The number of ether oxygens (including phenoxy) is 2. The van der Waals surface area contributed by atoms with E-state index in [0.717, 1.165) is 18.4 Å². The summed E-state index contributed by atoms with van der Waals surface area (Å²) in [6, 6.07) is 10.8. The van der Waals surface area contributed by atoms with Crippen molar-refractivity contribution in [1.82, 2.24) is 5.32 Å². The van der Waals surface area contributed by atoms with Gasteiger partial charge in [-0.1, -0.05) is 24.3 Å². The van der Waals surface area contributed by atoms with E-state index in [0.29, 0.717) is 18.7 Å². The summed E-state index contributed by atoms with van der Waals surface area (Å²) in [6.45, 7) is 3.96. The molecular weight excluding hydrogens is 422 g/mol. The summed E-state index contributed by atoms with van der Waals surface area (Å²) in [4.78, 5) is 24.4. The number of nitrogens with one attached hydrogen (secondary N) is 1. The first-order valence-corrected chi connectivity index (χ1v) is 11.3. The zero-order chi connectivity index (χ0) is 22.4. The first-order valence-electron chi connectivity index (χ1n) is 9.92. The van der Waals surface area contributed by atoms with Gasteiger partial charge in [0.2, 0.25) is 0 Å². The second kappa shape index (κ2) is 9.93.